The van der Waals surface area contributed by atoms with Gasteiger partial charge in [-0.05, 0) is 38.8 Å². The summed E-state index contributed by atoms with van der Waals surface area (Å²) in [4.78, 5) is 0. The van der Waals surface area contributed by atoms with E-state index in [9.17, 15) is 0 Å². The van der Waals surface area contributed by atoms with E-state index < -0.39 is 0 Å². The first-order chi connectivity index (χ1) is 7.04. The Kier molecular flexibility index (Phi) is 4.15. The topological polar surface area (TPSA) is 35.2 Å². The molecule has 1 aromatic rings. The summed E-state index contributed by atoms with van der Waals surface area (Å²) in [5.41, 5.74) is 8.19. The van der Waals surface area contributed by atoms with Crippen LogP contribution in [0.3, 0.4) is 0 Å². The molecule has 2 atom stereocenters. The Morgan fingerprint density at radius 1 is 1.33 bits per heavy atom. The zero-order valence-corrected chi connectivity index (χ0v) is 10.1. The summed E-state index contributed by atoms with van der Waals surface area (Å²) in [5.74, 6) is 0.930. The maximum atomic E-state index is 5.90. The van der Waals surface area contributed by atoms with Crippen LogP contribution < -0.4 is 10.5 Å². The van der Waals surface area contributed by atoms with Crippen molar-refractivity contribution in [2.24, 2.45) is 5.73 Å². The lowest BCUT2D eigenvalue weighted by Crippen LogP contribution is -2.14. The smallest absolute Gasteiger partial charge is 0.124 e. The third-order valence-electron chi connectivity index (χ3n) is 2.56. The standard InChI is InChI=1S/C13H21NO/c1-5-10(3)15-13-8-9(2)6-7-12(13)11(4)14/h6-8,10-11H,5,14H2,1-4H3/t10?,11-/m0/s1. The highest BCUT2D eigenvalue weighted by molar-refractivity contribution is 5.39. The Bertz CT molecular complexity index is 320. The first-order valence-electron chi connectivity index (χ1n) is 5.57. The van der Waals surface area contributed by atoms with Crippen LogP contribution in [0.1, 0.15) is 44.4 Å². The van der Waals surface area contributed by atoms with Gasteiger partial charge in [0.25, 0.3) is 0 Å². The zero-order valence-electron chi connectivity index (χ0n) is 10.1. The maximum Gasteiger partial charge on any atom is 0.124 e. The molecule has 0 bridgehead atoms. The largest absolute Gasteiger partial charge is 0.490 e. The minimum atomic E-state index is 0.0182. The number of ether oxygens (including phenoxy) is 1. The van der Waals surface area contributed by atoms with Crippen LogP contribution in [-0.2, 0) is 0 Å². The molecule has 1 rings (SSSR count). The van der Waals surface area contributed by atoms with Crippen molar-refractivity contribution < 1.29 is 4.74 Å². The molecular formula is C13H21NO. The van der Waals surface area contributed by atoms with Gasteiger partial charge in [-0.3, -0.25) is 0 Å². The molecule has 0 heterocycles. The molecule has 0 saturated heterocycles. The molecule has 15 heavy (non-hydrogen) atoms. The van der Waals surface area contributed by atoms with E-state index in [2.05, 4.69) is 39.0 Å². The van der Waals surface area contributed by atoms with Gasteiger partial charge in [0.1, 0.15) is 5.75 Å². The van der Waals surface area contributed by atoms with Gasteiger partial charge in [-0.25, -0.2) is 0 Å². The van der Waals surface area contributed by atoms with Gasteiger partial charge in [-0.15, -0.1) is 0 Å². The van der Waals surface area contributed by atoms with Gasteiger partial charge < -0.3 is 10.5 Å². The summed E-state index contributed by atoms with van der Waals surface area (Å²) >= 11 is 0. The lowest BCUT2D eigenvalue weighted by molar-refractivity contribution is 0.214. The van der Waals surface area contributed by atoms with E-state index in [1.807, 2.05) is 6.92 Å². The zero-order chi connectivity index (χ0) is 11.4. The van der Waals surface area contributed by atoms with E-state index in [1.165, 1.54) is 5.56 Å². The third-order valence-corrected chi connectivity index (χ3v) is 2.56. The van der Waals surface area contributed by atoms with E-state index in [4.69, 9.17) is 10.5 Å². The Balaban J connectivity index is 2.96. The van der Waals surface area contributed by atoms with Crippen LogP contribution in [0, 0.1) is 6.92 Å². The number of benzene rings is 1. The molecule has 1 unspecified atom stereocenters. The number of hydrogen-bond acceptors (Lipinski definition) is 2. The summed E-state index contributed by atoms with van der Waals surface area (Å²) in [5, 5.41) is 0. The highest BCUT2D eigenvalue weighted by atomic mass is 16.5. The van der Waals surface area contributed by atoms with Crippen LogP contribution in [0.25, 0.3) is 0 Å². The van der Waals surface area contributed by atoms with Gasteiger partial charge in [0.05, 0.1) is 6.10 Å². The van der Waals surface area contributed by atoms with E-state index in [0.29, 0.717) is 0 Å². The number of hydrogen-bond donors (Lipinski definition) is 1. The fourth-order valence-electron chi connectivity index (χ4n) is 1.42. The molecule has 0 fully saturated rings. The summed E-state index contributed by atoms with van der Waals surface area (Å²) in [6.45, 7) is 8.24. The monoisotopic (exact) mass is 207 g/mol. The average molecular weight is 207 g/mol. The molecule has 84 valence electrons. The number of aryl methyl sites for hydroxylation is 1. The van der Waals surface area contributed by atoms with Gasteiger partial charge in [-0.1, -0.05) is 19.1 Å². The van der Waals surface area contributed by atoms with E-state index in [0.717, 1.165) is 17.7 Å². The molecule has 0 radical (unpaired) electrons. The van der Waals surface area contributed by atoms with Crippen molar-refractivity contribution in [3.63, 3.8) is 0 Å². The van der Waals surface area contributed by atoms with Crippen molar-refractivity contribution in [3.05, 3.63) is 29.3 Å². The molecule has 0 amide bonds. The normalized spacial score (nSPS) is 14.7. The molecule has 2 N–H and O–H groups in total. The van der Waals surface area contributed by atoms with Crippen molar-refractivity contribution >= 4 is 0 Å². The fourth-order valence-corrected chi connectivity index (χ4v) is 1.42. The lowest BCUT2D eigenvalue weighted by atomic mass is 10.1. The SMILES string of the molecule is CCC(C)Oc1cc(C)ccc1[C@H](C)N. The Morgan fingerprint density at radius 2 is 2.00 bits per heavy atom. The second-order valence-corrected chi connectivity index (χ2v) is 4.17. The molecule has 2 nitrogen and oxygen atoms in total. The van der Waals surface area contributed by atoms with E-state index in [1.54, 1.807) is 0 Å². The van der Waals surface area contributed by atoms with Crippen LogP contribution in [0.4, 0.5) is 0 Å². The highest BCUT2D eigenvalue weighted by Crippen LogP contribution is 2.26. The van der Waals surface area contributed by atoms with Gasteiger partial charge in [-0.2, -0.15) is 0 Å². The van der Waals surface area contributed by atoms with Gasteiger partial charge in [0, 0.05) is 11.6 Å². The Morgan fingerprint density at radius 3 is 2.53 bits per heavy atom. The summed E-state index contributed by atoms with van der Waals surface area (Å²) < 4.78 is 5.86. The van der Waals surface area contributed by atoms with Gasteiger partial charge in [0.2, 0.25) is 0 Å². The third kappa shape index (κ3) is 3.24. The Labute approximate surface area is 92.4 Å². The van der Waals surface area contributed by atoms with Crippen LogP contribution in [0.5, 0.6) is 5.75 Å². The molecule has 0 aliphatic heterocycles. The van der Waals surface area contributed by atoms with Crippen molar-refractivity contribution in [3.8, 4) is 5.75 Å². The molecule has 0 aliphatic rings. The van der Waals surface area contributed by atoms with Crippen LogP contribution in [-0.4, -0.2) is 6.10 Å². The van der Waals surface area contributed by atoms with E-state index in [-0.39, 0.29) is 12.1 Å². The van der Waals surface area contributed by atoms with Crippen molar-refractivity contribution in [1.29, 1.82) is 0 Å². The maximum absolute atomic E-state index is 5.90. The van der Waals surface area contributed by atoms with Crippen LogP contribution in [0.2, 0.25) is 0 Å². The summed E-state index contributed by atoms with van der Waals surface area (Å²) in [6.07, 6.45) is 1.25. The minimum Gasteiger partial charge on any atom is -0.490 e. The first kappa shape index (κ1) is 12.1. The first-order valence-corrected chi connectivity index (χ1v) is 5.57. The van der Waals surface area contributed by atoms with Crippen LogP contribution >= 0.6 is 0 Å². The minimum absolute atomic E-state index is 0.0182. The number of nitrogens with two attached hydrogens (primary N) is 1. The summed E-state index contributed by atoms with van der Waals surface area (Å²) in [6, 6.07) is 6.20. The number of rotatable bonds is 4. The molecular weight excluding hydrogens is 186 g/mol. The summed E-state index contributed by atoms with van der Waals surface area (Å²) in [7, 11) is 0. The van der Waals surface area contributed by atoms with Gasteiger partial charge in [0.15, 0.2) is 0 Å². The molecule has 0 saturated carbocycles. The molecule has 1 aromatic carbocycles. The predicted molar refractivity (Wildman–Crippen MR) is 64.2 cm³/mol. The second-order valence-electron chi connectivity index (χ2n) is 4.17. The van der Waals surface area contributed by atoms with Gasteiger partial charge >= 0.3 is 0 Å². The molecule has 2 heteroatoms. The highest BCUT2D eigenvalue weighted by Gasteiger charge is 2.10. The molecule has 0 aliphatic carbocycles. The van der Waals surface area contributed by atoms with E-state index >= 15 is 0 Å². The van der Waals surface area contributed by atoms with Crippen molar-refractivity contribution in [2.45, 2.75) is 46.3 Å². The van der Waals surface area contributed by atoms with Crippen molar-refractivity contribution in [2.75, 3.05) is 0 Å². The quantitative estimate of drug-likeness (QED) is 0.823. The second kappa shape index (κ2) is 5.17. The van der Waals surface area contributed by atoms with Crippen molar-refractivity contribution in [1.82, 2.24) is 0 Å². The Hall–Kier alpha value is -1.02. The average Bonchev–Trinajstić information content (AvgIpc) is 2.17. The fraction of sp³-hybridized carbons (Fsp3) is 0.538. The lowest BCUT2D eigenvalue weighted by Gasteiger charge is -2.18. The van der Waals surface area contributed by atoms with Crippen LogP contribution in [0.15, 0.2) is 18.2 Å². The molecule has 0 aromatic heterocycles. The molecule has 0 spiro atoms. The predicted octanol–water partition coefficient (Wildman–Crippen LogP) is 3.19.